The zero-order valence-corrected chi connectivity index (χ0v) is 12.3. The second-order valence-electron chi connectivity index (χ2n) is 4.72. The van der Waals surface area contributed by atoms with Crippen LogP contribution in [-0.4, -0.2) is 12.3 Å². The van der Waals surface area contributed by atoms with Gasteiger partial charge in [-0.1, -0.05) is 5.16 Å². The summed E-state index contributed by atoms with van der Waals surface area (Å²) in [5.74, 6) is 1.12. The van der Waals surface area contributed by atoms with Gasteiger partial charge in [0.15, 0.2) is 0 Å². The van der Waals surface area contributed by atoms with E-state index in [0.717, 1.165) is 34.2 Å². The van der Waals surface area contributed by atoms with Crippen LogP contribution in [0, 0.1) is 0 Å². The molecule has 0 aliphatic heterocycles. The summed E-state index contributed by atoms with van der Waals surface area (Å²) in [7, 11) is 1.67. The molecule has 100 valence electrons. The summed E-state index contributed by atoms with van der Waals surface area (Å²) >= 11 is 3.67. The number of hydrogen-bond acceptors (Lipinski definition) is 4. The number of nitrogen functional groups attached to an aromatic ring is 1. The van der Waals surface area contributed by atoms with Gasteiger partial charge in [-0.3, -0.25) is 0 Å². The summed E-state index contributed by atoms with van der Waals surface area (Å²) in [5, 5.41) is 3.74. The van der Waals surface area contributed by atoms with E-state index in [4.69, 9.17) is 15.0 Å². The summed E-state index contributed by atoms with van der Waals surface area (Å²) in [6.07, 6.45) is 6.27. The molecule has 1 heterocycles. The van der Waals surface area contributed by atoms with E-state index in [2.05, 4.69) is 27.2 Å². The van der Waals surface area contributed by atoms with Crippen molar-refractivity contribution in [1.29, 1.82) is 0 Å². The normalized spacial score (nSPS) is 14.2. The highest BCUT2D eigenvalue weighted by atomic mass is 79.9. The molecule has 3 rings (SSSR count). The second-order valence-corrected chi connectivity index (χ2v) is 5.51. The number of benzene rings is 1. The van der Waals surface area contributed by atoms with E-state index in [1.807, 2.05) is 0 Å². The Kier molecular flexibility index (Phi) is 3.22. The lowest BCUT2D eigenvalue weighted by Crippen LogP contribution is -2.06. The first kappa shape index (κ1) is 12.5. The molecule has 0 radical (unpaired) electrons. The minimum absolute atomic E-state index is 0.320. The smallest absolute Gasteiger partial charge is 0.230 e. The number of rotatable bonds is 2. The van der Waals surface area contributed by atoms with E-state index < -0.39 is 0 Å². The Balaban J connectivity index is 2.24. The highest BCUT2D eigenvalue weighted by Gasteiger charge is 2.22. The van der Waals surface area contributed by atoms with Crippen molar-refractivity contribution in [3.63, 3.8) is 0 Å². The van der Waals surface area contributed by atoms with Crippen LogP contribution < -0.4 is 10.5 Å². The predicted octanol–water partition coefficient (Wildman–Crippen LogP) is 3.57. The summed E-state index contributed by atoms with van der Waals surface area (Å²) < 4.78 is 11.5. The van der Waals surface area contributed by atoms with Gasteiger partial charge in [0.25, 0.3) is 0 Å². The number of aromatic nitrogens is 1. The van der Waals surface area contributed by atoms with Crippen LogP contribution in [0.1, 0.15) is 24.0 Å². The summed E-state index contributed by atoms with van der Waals surface area (Å²) in [4.78, 5) is 0. The van der Waals surface area contributed by atoms with Gasteiger partial charge in [0.05, 0.1) is 23.3 Å². The van der Waals surface area contributed by atoms with Gasteiger partial charge >= 0.3 is 0 Å². The molecule has 1 aliphatic carbocycles. The molecular weight excluding hydrogens is 308 g/mol. The molecule has 2 aromatic rings. The SMILES string of the molecule is COc1c(-c2cnoc2N)cc2c(c1Br)CCCC2. The predicted molar refractivity (Wildman–Crippen MR) is 77.2 cm³/mol. The van der Waals surface area contributed by atoms with Crippen molar-refractivity contribution < 1.29 is 9.26 Å². The number of anilines is 1. The van der Waals surface area contributed by atoms with E-state index in [9.17, 15) is 0 Å². The third-order valence-corrected chi connectivity index (χ3v) is 4.47. The van der Waals surface area contributed by atoms with Crippen molar-refractivity contribution in [3.8, 4) is 16.9 Å². The summed E-state index contributed by atoms with van der Waals surface area (Å²) in [5.41, 5.74) is 10.2. The van der Waals surface area contributed by atoms with Crippen molar-refractivity contribution in [3.05, 3.63) is 27.9 Å². The average molecular weight is 323 g/mol. The van der Waals surface area contributed by atoms with Crippen molar-refractivity contribution >= 4 is 21.8 Å². The van der Waals surface area contributed by atoms with E-state index in [0.29, 0.717) is 5.88 Å². The zero-order chi connectivity index (χ0) is 13.4. The Labute approximate surface area is 120 Å². The van der Waals surface area contributed by atoms with Crippen LogP contribution >= 0.6 is 15.9 Å². The van der Waals surface area contributed by atoms with Crippen LogP contribution in [0.3, 0.4) is 0 Å². The number of ether oxygens (including phenoxy) is 1. The molecule has 0 bridgehead atoms. The van der Waals surface area contributed by atoms with E-state index in [1.54, 1.807) is 13.3 Å². The first-order valence-corrected chi connectivity index (χ1v) is 7.10. The number of halogens is 1. The molecular formula is C14H15BrN2O2. The lowest BCUT2D eigenvalue weighted by Gasteiger charge is -2.21. The summed E-state index contributed by atoms with van der Waals surface area (Å²) in [6, 6.07) is 2.15. The van der Waals surface area contributed by atoms with Crippen LogP contribution in [0.2, 0.25) is 0 Å². The standard InChI is InChI=1S/C14H15BrN2O2/c1-18-13-10(11-7-17-19-14(11)16)6-8-4-2-3-5-9(8)12(13)15/h6-7H,2-5,16H2,1H3. The second kappa shape index (κ2) is 4.89. The summed E-state index contributed by atoms with van der Waals surface area (Å²) in [6.45, 7) is 0. The minimum atomic E-state index is 0.320. The number of methoxy groups -OCH3 is 1. The van der Waals surface area contributed by atoms with Gasteiger partial charge in [0.1, 0.15) is 5.75 Å². The maximum absolute atomic E-state index is 5.82. The van der Waals surface area contributed by atoms with Crippen molar-refractivity contribution in [2.75, 3.05) is 12.8 Å². The van der Waals surface area contributed by atoms with Gasteiger partial charge in [-0.25, -0.2) is 0 Å². The number of nitrogens with zero attached hydrogens (tertiary/aromatic N) is 1. The van der Waals surface area contributed by atoms with Gasteiger partial charge < -0.3 is 15.0 Å². The third kappa shape index (κ3) is 2.02. The number of nitrogens with two attached hydrogens (primary N) is 1. The zero-order valence-electron chi connectivity index (χ0n) is 10.7. The van der Waals surface area contributed by atoms with E-state index in [1.165, 1.54) is 24.0 Å². The molecule has 0 fully saturated rings. The molecule has 19 heavy (non-hydrogen) atoms. The molecule has 5 heteroatoms. The molecule has 0 saturated carbocycles. The molecule has 4 nitrogen and oxygen atoms in total. The fourth-order valence-electron chi connectivity index (χ4n) is 2.68. The first-order chi connectivity index (χ1) is 9.22. The molecule has 0 unspecified atom stereocenters. The van der Waals surface area contributed by atoms with Gasteiger partial charge in [0.2, 0.25) is 5.88 Å². The lowest BCUT2D eigenvalue weighted by molar-refractivity contribution is 0.412. The van der Waals surface area contributed by atoms with E-state index in [-0.39, 0.29) is 0 Å². The number of fused-ring (bicyclic) bond motifs is 1. The van der Waals surface area contributed by atoms with Crippen LogP contribution in [0.15, 0.2) is 21.3 Å². The highest BCUT2D eigenvalue weighted by molar-refractivity contribution is 9.10. The molecule has 1 aromatic carbocycles. The quantitative estimate of drug-likeness (QED) is 0.918. The minimum Gasteiger partial charge on any atom is -0.495 e. The monoisotopic (exact) mass is 322 g/mol. The number of hydrogen-bond donors (Lipinski definition) is 1. The molecule has 1 aromatic heterocycles. The third-order valence-electron chi connectivity index (χ3n) is 3.63. The Morgan fingerprint density at radius 2 is 2.11 bits per heavy atom. The topological polar surface area (TPSA) is 61.3 Å². The van der Waals surface area contributed by atoms with Crippen LogP contribution in [-0.2, 0) is 12.8 Å². The van der Waals surface area contributed by atoms with Gasteiger partial charge in [-0.15, -0.1) is 0 Å². The average Bonchev–Trinajstić information content (AvgIpc) is 2.85. The van der Waals surface area contributed by atoms with Crippen LogP contribution in [0.4, 0.5) is 5.88 Å². The number of aryl methyl sites for hydroxylation is 1. The first-order valence-electron chi connectivity index (χ1n) is 6.31. The molecule has 0 saturated heterocycles. The van der Waals surface area contributed by atoms with Crippen LogP contribution in [0.25, 0.3) is 11.1 Å². The van der Waals surface area contributed by atoms with Crippen molar-refractivity contribution in [2.45, 2.75) is 25.7 Å². The Bertz CT molecular complexity index is 622. The molecule has 0 spiro atoms. The van der Waals surface area contributed by atoms with Gasteiger partial charge in [0, 0.05) is 5.56 Å². The molecule has 1 aliphatic rings. The Hall–Kier alpha value is -1.49. The fraction of sp³-hybridized carbons (Fsp3) is 0.357. The van der Waals surface area contributed by atoms with Gasteiger partial charge in [-0.05, 0) is 58.8 Å². The maximum atomic E-state index is 5.82. The Morgan fingerprint density at radius 3 is 2.79 bits per heavy atom. The van der Waals surface area contributed by atoms with Gasteiger partial charge in [-0.2, -0.15) is 0 Å². The highest BCUT2D eigenvalue weighted by Crippen LogP contribution is 2.44. The fourth-order valence-corrected chi connectivity index (χ4v) is 3.51. The van der Waals surface area contributed by atoms with Crippen molar-refractivity contribution in [1.82, 2.24) is 5.16 Å². The van der Waals surface area contributed by atoms with Crippen molar-refractivity contribution in [2.24, 2.45) is 0 Å². The Morgan fingerprint density at radius 1 is 1.32 bits per heavy atom. The largest absolute Gasteiger partial charge is 0.495 e. The molecule has 2 N–H and O–H groups in total. The van der Waals surface area contributed by atoms with Crippen LogP contribution in [0.5, 0.6) is 5.75 Å². The lowest BCUT2D eigenvalue weighted by atomic mass is 9.89. The maximum Gasteiger partial charge on any atom is 0.230 e. The molecule has 0 amide bonds. The van der Waals surface area contributed by atoms with E-state index >= 15 is 0 Å². The molecule has 0 atom stereocenters.